The Kier molecular flexibility index (Phi) is 61.6. The second kappa shape index (κ2) is 56.8. The zero-order valence-electron chi connectivity index (χ0n) is 45.5. The summed E-state index contributed by atoms with van der Waals surface area (Å²) in [4.78, 5) is 113. The molecule has 8 rings (SSSR count). The predicted octanol–water partition coefficient (Wildman–Crippen LogP) is -3.21. The van der Waals surface area contributed by atoms with Gasteiger partial charge in [0.05, 0.1) is 22.3 Å². The fourth-order valence-electron chi connectivity index (χ4n) is 4.54. The van der Waals surface area contributed by atoms with E-state index in [1.807, 2.05) is 0 Å². The number of aromatic nitrogens is 8. The minimum absolute atomic E-state index is 0. The van der Waals surface area contributed by atoms with E-state index in [0.29, 0.717) is 22.3 Å². The van der Waals surface area contributed by atoms with E-state index in [-0.39, 0.29) is 111 Å². The summed E-state index contributed by atoms with van der Waals surface area (Å²) >= 11 is 0. The molecule has 4 amide bonds. The number of carbonyl (C=O) groups excluding carboxylic acids is 8. The van der Waals surface area contributed by atoms with Gasteiger partial charge in [-0.25, -0.2) is 0 Å². The molecule has 0 bridgehead atoms. The summed E-state index contributed by atoms with van der Waals surface area (Å²) in [5.41, 5.74) is 5.03. The quantitative estimate of drug-likeness (QED) is 0.0859. The van der Waals surface area contributed by atoms with Crippen LogP contribution in [0.5, 0.6) is 0 Å². The van der Waals surface area contributed by atoms with Crippen LogP contribution < -0.4 is 41.7 Å². The van der Waals surface area contributed by atoms with Crippen LogP contribution in [0.15, 0.2) is 196 Å². The molecule has 0 saturated carbocycles. The maximum absolute atomic E-state index is 11.6. The number of carbonyl (C=O) groups is 8. The van der Waals surface area contributed by atoms with Gasteiger partial charge in [0.2, 0.25) is 0 Å². The van der Waals surface area contributed by atoms with Crippen molar-refractivity contribution in [2.45, 2.75) is 27.7 Å². The van der Waals surface area contributed by atoms with Crippen LogP contribution in [-0.2, 0) is 84.7 Å². The van der Waals surface area contributed by atoms with Crippen molar-refractivity contribution in [1.29, 1.82) is 0 Å². The molecular weight excluding hydrogens is 1310 g/mol. The van der Waals surface area contributed by atoms with E-state index < -0.39 is 23.9 Å². The SMILES string of the molecule is CC(=O)[O-].CC(=O)[O-].CC(=O)[O-].CC(=O)[O-].O.O.O.O.O=C(Nc1ccncc1)c1cccnc1.O=C(Nc1ccncc1)c1cccnc1.O=C(Nc1ccncc1)c1cccnc1.O=C(Nc1ccncc1)c1cccnc1.[Cd+2].[Cd+2].[OH3+].[OH3+]. The van der Waals surface area contributed by atoms with Gasteiger partial charge in [-0.05, 0) is 125 Å². The Labute approximate surface area is 520 Å². The molecule has 0 atom stereocenters. The Morgan fingerprint density at radius 1 is 0.286 bits per heavy atom. The van der Waals surface area contributed by atoms with Crippen LogP contribution in [0.3, 0.4) is 0 Å². The van der Waals surface area contributed by atoms with Crippen molar-refractivity contribution in [2.24, 2.45) is 0 Å². The van der Waals surface area contributed by atoms with Crippen LogP contribution in [0.4, 0.5) is 22.7 Å². The largest absolute Gasteiger partial charge is 2.00 e. The molecule has 8 heterocycles. The Morgan fingerprint density at radius 2 is 0.429 bits per heavy atom. The monoisotopic (exact) mass is 1370 g/mol. The number of carboxylic acids is 4. The maximum Gasteiger partial charge on any atom is 2.00 e. The van der Waals surface area contributed by atoms with Crippen molar-refractivity contribution < 1.29 is 146 Å². The van der Waals surface area contributed by atoms with Crippen molar-refractivity contribution in [3.63, 3.8) is 0 Å². The minimum atomic E-state index is -1.08. The van der Waals surface area contributed by atoms with E-state index in [0.717, 1.165) is 50.4 Å². The Balaban J connectivity index is -0.000000136. The fourth-order valence-corrected chi connectivity index (χ4v) is 4.54. The number of nitrogens with zero attached hydrogens (tertiary/aromatic N) is 8. The second-order valence-electron chi connectivity index (χ2n) is 13.7. The predicted molar refractivity (Wildman–Crippen MR) is 293 cm³/mol. The van der Waals surface area contributed by atoms with E-state index in [1.54, 1.807) is 171 Å². The second-order valence-corrected chi connectivity index (χ2v) is 13.7. The number of nitrogens with one attached hydrogen (secondary N) is 4. The number of aliphatic carboxylic acids is 4. The third-order valence-corrected chi connectivity index (χ3v) is 7.45. The molecular formula is C52H62Cd2N12O18+2. The first-order chi connectivity index (χ1) is 36.4. The van der Waals surface area contributed by atoms with Crippen LogP contribution in [-0.4, -0.2) is 109 Å². The van der Waals surface area contributed by atoms with Gasteiger partial charge in [0.1, 0.15) is 0 Å². The average Bonchev–Trinajstić information content (AvgIpc) is 3.41. The molecule has 0 aliphatic carbocycles. The molecule has 0 aliphatic heterocycles. The molecule has 30 nitrogen and oxygen atoms in total. The van der Waals surface area contributed by atoms with Crippen molar-refractivity contribution in [2.75, 3.05) is 21.3 Å². The number of pyridine rings is 8. The van der Waals surface area contributed by atoms with Crippen LogP contribution >= 0.6 is 0 Å². The van der Waals surface area contributed by atoms with Crippen molar-refractivity contribution in [1.82, 2.24) is 39.9 Å². The van der Waals surface area contributed by atoms with Crippen molar-refractivity contribution in [3.8, 4) is 0 Å². The van der Waals surface area contributed by atoms with Gasteiger partial charge in [-0.3, -0.25) is 59.0 Å². The average molecular weight is 1370 g/mol. The number of anilines is 4. The maximum atomic E-state index is 11.6. The van der Waals surface area contributed by atoms with Crippen molar-refractivity contribution in [3.05, 3.63) is 218 Å². The van der Waals surface area contributed by atoms with Crippen LogP contribution in [0.1, 0.15) is 69.1 Å². The van der Waals surface area contributed by atoms with E-state index in [1.165, 1.54) is 24.8 Å². The molecule has 32 heteroatoms. The topological polar surface area (TPSA) is 572 Å². The number of rotatable bonds is 8. The first kappa shape index (κ1) is 91.1. The van der Waals surface area contributed by atoms with Gasteiger partial charge in [0, 0.05) is 146 Å². The standard InChI is InChI=1S/4C11H9N3O.4C2H4O2.2Cd.6H2O/c4*15-11(9-2-1-5-13-8-9)14-10-3-6-12-7-4-10;4*1-2(3)4;;;;;;;;/h4*1-8H,(H,12,14,15);4*1H3,(H,3,4);;;6*1H2/q;;;;;;;;2*+2;;;;;;/p-2. The number of hydrogen-bond donors (Lipinski definition) is 4. The molecule has 18 N–H and O–H groups in total. The first-order valence-electron chi connectivity index (χ1n) is 21.5. The van der Waals surface area contributed by atoms with Crippen molar-refractivity contribution >= 4 is 70.3 Å². The number of carboxylic acid groups (broad SMARTS) is 4. The number of hydrogen-bond acceptors (Lipinski definition) is 20. The third-order valence-electron chi connectivity index (χ3n) is 7.45. The Morgan fingerprint density at radius 3 is 0.548 bits per heavy atom. The summed E-state index contributed by atoms with van der Waals surface area (Å²) in [7, 11) is 0. The molecule has 0 aromatic carbocycles. The summed E-state index contributed by atoms with van der Waals surface area (Å²) in [6, 6.07) is 27.6. The van der Waals surface area contributed by atoms with Gasteiger partial charge < -0.3 is 93.7 Å². The molecule has 0 fully saturated rings. The number of amides is 4. The zero-order chi connectivity index (χ0) is 56.4. The van der Waals surface area contributed by atoms with Crippen LogP contribution in [0.2, 0.25) is 0 Å². The van der Waals surface area contributed by atoms with Gasteiger partial charge in [-0.2, -0.15) is 0 Å². The molecule has 0 saturated heterocycles. The van der Waals surface area contributed by atoms with E-state index in [4.69, 9.17) is 39.6 Å². The van der Waals surface area contributed by atoms with Crippen LogP contribution in [0.25, 0.3) is 0 Å². The molecule has 0 aliphatic rings. The molecule has 0 spiro atoms. The first-order valence-corrected chi connectivity index (χ1v) is 21.5. The van der Waals surface area contributed by atoms with Gasteiger partial charge in [0.15, 0.2) is 0 Å². The molecule has 0 unspecified atom stereocenters. The molecule has 84 heavy (non-hydrogen) atoms. The summed E-state index contributed by atoms with van der Waals surface area (Å²) in [5, 5.41) is 46.5. The Bertz CT molecular complexity index is 2530. The third kappa shape index (κ3) is 49.6. The van der Waals surface area contributed by atoms with Crippen LogP contribution in [0, 0.1) is 0 Å². The molecule has 440 valence electrons. The van der Waals surface area contributed by atoms with Gasteiger partial charge in [0.25, 0.3) is 23.6 Å². The summed E-state index contributed by atoms with van der Waals surface area (Å²) in [6.07, 6.45) is 25.6. The van der Waals surface area contributed by atoms with E-state index in [9.17, 15) is 19.2 Å². The summed E-state index contributed by atoms with van der Waals surface area (Å²) in [6.45, 7) is 3.89. The molecule has 8 aromatic rings. The van der Waals surface area contributed by atoms with Gasteiger partial charge >= 0.3 is 54.6 Å². The summed E-state index contributed by atoms with van der Waals surface area (Å²) in [5.74, 6) is -5.02. The minimum Gasteiger partial charge on any atom is -0.550 e. The van der Waals surface area contributed by atoms with E-state index in [2.05, 4.69) is 61.1 Å². The fraction of sp³-hybridized carbons (Fsp3) is 0.0769. The summed E-state index contributed by atoms with van der Waals surface area (Å²) < 4.78 is 0. The molecule has 8 aromatic heterocycles. The van der Waals surface area contributed by atoms with Gasteiger partial charge in [-0.15, -0.1) is 0 Å². The molecule has 0 radical (unpaired) electrons. The zero-order valence-corrected chi connectivity index (χ0v) is 53.6. The Hall–Kier alpha value is -9.44. The normalized spacial score (nSPS) is 8.05. The smallest absolute Gasteiger partial charge is 0.550 e. The van der Waals surface area contributed by atoms with E-state index >= 15 is 0 Å². The van der Waals surface area contributed by atoms with Gasteiger partial charge in [-0.1, -0.05) is 0 Å².